The highest BCUT2D eigenvalue weighted by atomic mass is 16.5. The third kappa shape index (κ3) is 4.15. The first-order chi connectivity index (χ1) is 15.2. The van der Waals surface area contributed by atoms with Gasteiger partial charge in [-0.25, -0.2) is 0 Å². The Labute approximate surface area is 195 Å². The van der Waals surface area contributed by atoms with Crippen molar-refractivity contribution in [3.8, 4) is 0 Å². The van der Waals surface area contributed by atoms with Gasteiger partial charge in [0.2, 0.25) is 0 Å². The molecule has 0 aromatic carbocycles. The summed E-state index contributed by atoms with van der Waals surface area (Å²) in [5.74, 6) is 4.07. The van der Waals surface area contributed by atoms with E-state index in [0.717, 1.165) is 18.3 Å². The molecule has 0 bridgehead atoms. The molecule has 5 nitrogen and oxygen atoms in total. The molecule has 4 saturated carbocycles. The average molecular weight is 449 g/mol. The fourth-order valence-corrected chi connectivity index (χ4v) is 9.40. The van der Waals surface area contributed by atoms with E-state index in [-0.39, 0.29) is 12.6 Å². The lowest BCUT2D eigenvalue weighted by Crippen LogP contribution is -2.61. The minimum absolute atomic E-state index is 0.0717. The summed E-state index contributed by atoms with van der Waals surface area (Å²) in [4.78, 5) is 11.7. The van der Waals surface area contributed by atoms with Gasteiger partial charge in [0.15, 0.2) is 0 Å². The van der Waals surface area contributed by atoms with Crippen molar-refractivity contribution in [1.82, 2.24) is 5.32 Å². The van der Waals surface area contributed by atoms with Gasteiger partial charge in [-0.05, 0) is 104 Å². The van der Waals surface area contributed by atoms with Crippen molar-refractivity contribution < 1.29 is 14.6 Å². The number of ether oxygens (including phenoxy) is 1. The van der Waals surface area contributed by atoms with E-state index in [1.54, 1.807) is 0 Å². The molecule has 0 aromatic heterocycles. The first-order valence-electron chi connectivity index (χ1n) is 13.4. The van der Waals surface area contributed by atoms with Crippen LogP contribution in [0.5, 0.6) is 0 Å². The van der Waals surface area contributed by atoms with Crippen molar-refractivity contribution in [2.45, 2.75) is 97.1 Å². The number of nitrogens with one attached hydrogen (secondary N) is 1. The van der Waals surface area contributed by atoms with Crippen molar-refractivity contribution in [3.05, 3.63) is 0 Å². The predicted molar refractivity (Wildman–Crippen MR) is 128 cm³/mol. The van der Waals surface area contributed by atoms with Gasteiger partial charge in [0, 0.05) is 25.0 Å². The number of hydrogen-bond donors (Lipinski definition) is 3. The number of aliphatic hydroxyl groups excluding tert-OH is 1. The van der Waals surface area contributed by atoms with Crippen LogP contribution in [0.4, 0.5) is 0 Å². The standard InChI is InChI=1S/C27H48N2O3/c1-17(5-8-24(31)32-4)20-6-7-21-25-22(10-12-27(20,21)3)26(2)11-9-19(29-13-14-30)15-18(26)16-23(25)28/h17-23,25,29-30H,5-16,28H2,1-4H3/t17-,18+,19-,20-,21?,22?,23-,25?,26+,27-/m1/s1. The fraction of sp³-hybridized carbons (Fsp3) is 0.963. The monoisotopic (exact) mass is 448 g/mol. The van der Waals surface area contributed by atoms with Crippen LogP contribution in [-0.2, 0) is 9.53 Å². The number of nitrogens with two attached hydrogens (primary N) is 1. The van der Waals surface area contributed by atoms with Crippen LogP contribution in [0.2, 0.25) is 0 Å². The maximum absolute atomic E-state index is 11.7. The van der Waals surface area contributed by atoms with Gasteiger partial charge in [-0.15, -0.1) is 0 Å². The molecular formula is C27H48N2O3. The van der Waals surface area contributed by atoms with Gasteiger partial charge in [0.25, 0.3) is 0 Å². The summed E-state index contributed by atoms with van der Waals surface area (Å²) in [5.41, 5.74) is 7.83. The lowest BCUT2D eigenvalue weighted by Gasteiger charge is -2.63. The molecule has 10 atom stereocenters. The van der Waals surface area contributed by atoms with Crippen LogP contribution in [0.1, 0.15) is 85.0 Å². The molecule has 4 fully saturated rings. The highest BCUT2D eigenvalue weighted by Gasteiger charge is 2.62. The maximum Gasteiger partial charge on any atom is 0.305 e. The van der Waals surface area contributed by atoms with Crippen LogP contribution in [0.25, 0.3) is 0 Å². The molecule has 0 aliphatic heterocycles. The number of aliphatic hydroxyl groups is 1. The SMILES string of the molecule is COC(=O)CC[C@@H](C)[C@H]1CCC2C3C(CC[C@@]21C)[C@@]1(C)CC[C@@H](NCCO)C[C@H]1C[C@H]3N. The van der Waals surface area contributed by atoms with E-state index in [0.29, 0.717) is 59.6 Å². The van der Waals surface area contributed by atoms with Crippen LogP contribution in [0.3, 0.4) is 0 Å². The first kappa shape index (κ1) is 24.5. The molecular weight excluding hydrogens is 400 g/mol. The third-order valence-corrected chi connectivity index (χ3v) is 11.1. The zero-order valence-corrected chi connectivity index (χ0v) is 20.9. The number of carbonyl (C=O) groups is 1. The Morgan fingerprint density at radius 3 is 2.56 bits per heavy atom. The summed E-state index contributed by atoms with van der Waals surface area (Å²) < 4.78 is 4.90. The molecule has 184 valence electrons. The van der Waals surface area contributed by atoms with E-state index in [2.05, 4.69) is 26.1 Å². The van der Waals surface area contributed by atoms with E-state index < -0.39 is 0 Å². The molecule has 4 aliphatic carbocycles. The summed E-state index contributed by atoms with van der Waals surface area (Å²) in [7, 11) is 1.50. The van der Waals surface area contributed by atoms with E-state index in [4.69, 9.17) is 10.5 Å². The third-order valence-electron chi connectivity index (χ3n) is 11.1. The predicted octanol–water partition coefficient (Wildman–Crippen LogP) is 4.12. The van der Waals surface area contributed by atoms with Gasteiger partial charge in [-0.1, -0.05) is 20.8 Å². The van der Waals surface area contributed by atoms with Gasteiger partial charge in [-0.2, -0.15) is 0 Å². The van der Waals surface area contributed by atoms with Crippen LogP contribution in [0.15, 0.2) is 0 Å². The molecule has 4 N–H and O–H groups in total. The molecule has 4 rings (SSSR count). The van der Waals surface area contributed by atoms with Gasteiger partial charge >= 0.3 is 5.97 Å². The maximum atomic E-state index is 11.7. The minimum Gasteiger partial charge on any atom is -0.469 e. The van der Waals surface area contributed by atoms with E-state index >= 15 is 0 Å². The van der Waals surface area contributed by atoms with Crippen LogP contribution in [-0.4, -0.2) is 43.4 Å². The molecule has 3 unspecified atom stereocenters. The Bertz CT molecular complexity index is 671. The summed E-state index contributed by atoms with van der Waals surface area (Å²) in [6.07, 6.45) is 11.7. The quantitative estimate of drug-likeness (QED) is 0.510. The lowest BCUT2D eigenvalue weighted by molar-refractivity contribution is -0.141. The van der Waals surface area contributed by atoms with E-state index in [1.807, 2.05) is 0 Å². The topological polar surface area (TPSA) is 84.6 Å². The van der Waals surface area contributed by atoms with E-state index in [9.17, 15) is 9.90 Å². The zero-order valence-electron chi connectivity index (χ0n) is 20.9. The second-order valence-corrected chi connectivity index (χ2v) is 12.4. The highest BCUT2D eigenvalue weighted by molar-refractivity contribution is 5.69. The summed E-state index contributed by atoms with van der Waals surface area (Å²) >= 11 is 0. The number of esters is 1. The Morgan fingerprint density at radius 1 is 1.12 bits per heavy atom. The van der Waals surface area contributed by atoms with Gasteiger partial charge < -0.3 is 20.9 Å². The number of fused-ring (bicyclic) bond motifs is 5. The number of hydrogen-bond acceptors (Lipinski definition) is 5. The summed E-state index contributed by atoms with van der Waals surface area (Å²) in [6, 6.07) is 0.868. The van der Waals surface area contributed by atoms with Crippen molar-refractivity contribution in [1.29, 1.82) is 0 Å². The first-order valence-corrected chi connectivity index (χ1v) is 13.4. The van der Waals surface area contributed by atoms with Gasteiger partial charge in [-0.3, -0.25) is 4.79 Å². The van der Waals surface area contributed by atoms with Crippen molar-refractivity contribution in [2.75, 3.05) is 20.3 Å². The largest absolute Gasteiger partial charge is 0.469 e. The fourth-order valence-electron chi connectivity index (χ4n) is 9.40. The molecule has 0 saturated heterocycles. The Balaban J connectivity index is 1.48. The molecule has 0 aromatic rings. The average Bonchev–Trinajstić information content (AvgIpc) is 3.13. The van der Waals surface area contributed by atoms with Crippen LogP contribution in [0, 0.1) is 46.3 Å². The Morgan fingerprint density at radius 2 is 1.84 bits per heavy atom. The van der Waals surface area contributed by atoms with Crippen molar-refractivity contribution in [3.63, 3.8) is 0 Å². The van der Waals surface area contributed by atoms with Crippen LogP contribution >= 0.6 is 0 Å². The molecule has 0 radical (unpaired) electrons. The molecule has 0 spiro atoms. The minimum atomic E-state index is -0.0717. The van der Waals surface area contributed by atoms with Crippen molar-refractivity contribution >= 4 is 5.97 Å². The lowest BCUT2D eigenvalue weighted by atomic mass is 9.43. The number of rotatable bonds is 7. The second-order valence-electron chi connectivity index (χ2n) is 12.4. The normalized spacial score (nSPS) is 46.6. The highest BCUT2D eigenvalue weighted by Crippen LogP contribution is 2.68. The summed E-state index contributed by atoms with van der Waals surface area (Å²) in [6.45, 7) is 8.46. The Kier molecular flexibility index (Phi) is 7.30. The summed E-state index contributed by atoms with van der Waals surface area (Å²) in [5, 5.41) is 12.8. The molecule has 0 heterocycles. The zero-order chi connectivity index (χ0) is 23.1. The van der Waals surface area contributed by atoms with Gasteiger partial charge in [0.1, 0.15) is 0 Å². The van der Waals surface area contributed by atoms with E-state index in [1.165, 1.54) is 58.5 Å². The molecule has 5 heteroatoms. The smallest absolute Gasteiger partial charge is 0.305 e. The molecule has 32 heavy (non-hydrogen) atoms. The van der Waals surface area contributed by atoms with Crippen molar-refractivity contribution in [2.24, 2.45) is 52.1 Å². The van der Waals surface area contributed by atoms with Gasteiger partial charge in [0.05, 0.1) is 13.7 Å². The number of carbonyl (C=O) groups excluding carboxylic acids is 1. The van der Waals surface area contributed by atoms with Crippen LogP contribution < -0.4 is 11.1 Å². The molecule has 0 amide bonds. The number of methoxy groups -OCH3 is 1. The second kappa shape index (κ2) is 9.54. The Hall–Kier alpha value is -0.650. The molecule has 4 aliphatic rings.